The van der Waals surface area contributed by atoms with Gasteiger partial charge in [0.1, 0.15) is 0 Å². The van der Waals surface area contributed by atoms with Crippen molar-refractivity contribution in [1.29, 1.82) is 0 Å². The summed E-state index contributed by atoms with van der Waals surface area (Å²) in [7, 11) is 1.37. The van der Waals surface area contributed by atoms with Crippen molar-refractivity contribution in [2.75, 3.05) is 7.11 Å². The number of rotatable bonds is 4. The van der Waals surface area contributed by atoms with Gasteiger partial charge in [-0.15, -0.1) is 12.4 Å². The lowest BCUT2D eigenvalue weighted by atomic mass is 9.79. The van der Waals surface area contributed by atoms with Crippen LogP contribution in [-0.4, -0.2) is 30.3 Å². The lowest BCUT2D eigenvalue weighted by Crippen LogP contribution is -2.39. The zero-order valence-corrected chi connectivity index (χ0v) is 10.8. The molecule has 0 amide bonds. The first kappa shape index (κ1) is 15.7. The molecule has 3 N–H and O–H groups in total. The molecule has 4 nitrogen and oxygen atoms in total. The highest BCUT2D eigenvalue weighted by Crippen LogP contribution is 2.43. The van der Waals surface area contributed by atoms with E-state index in [2.05, 4.69) is 6.92 Å². The zero-order chi connectivity index (χ0) is 11.5. The Morgan fingerprint density at radius 3 is 2.62 bits per heavy atom. The van der Waals surface area contributed by atoms with E-state index < -0.39 is 11.5 Å². The Labute approximate surface area is 103 Å². The Morgan fingerprint density at radius 2 is 2.25 bits per heavy atom. The maximum absolute atomic E-state index is 11.8. The molecule has 0 heterocycles. The van der Waals surface area contributed by atoms with Gasteiger partial charge in [0.2, 0.25) is 0 Å². The molecule has 5 heteroatoms. The SMILES string of the molecule is CCCCC1(C(=O)OC)CC(N)CC1O.Cl. The molecule has 0 radical (unpaired) electrons. The number of unbranched alkanes of at least 4 members (excludes halogenated alkanes) is 1. The van der Waals surface area contributed by atoms with E-state index >= 15 is 0 Å². The molecule has 3 unspecified atom stereocenters. The minimum Gasteiger partial charge on any atom is -0.469 e. The van der Waals surface area contributed by atoms with Crippen LogP contribution in [-0.2, 0) is 9.53 Å². The largest absolute Gasteiger partial charge is 0.469 e. The first-order valence-corrected chi connectivity index (χ1v) is 5.59. The molecule has 0 aromatic carbocycles. The second-order valence-electron chi connectivity index (χ2n) is 4.47. The van der Waals surface area contributed by atoms with Crippen LogP contribution < -0.4 is 5.73 Å². The predicted octanol–water partition coefficient (Wildman–Crippen LogP) is 1.24. The minimum absolute atomic E-state index is 0. The molecule has 1 aliphatic carbocycles. The summed E-state index contributed by atoms with van der Waals surface area (Å²) in [6, 6.07) is -0.0871. The molecule has 0 saturated heterocycles. The van der Waals surface area contributed by atoms with Gasteiger partial charge >= 0.3 is 5.97 Å². The van der Waals surface area contributed by atoms with Crippen LogP contribution in [0, 0.1) is 5.41 Å². The predicted molar refractivity (Wildman–Crippen MR) is 64.4 cm³/mol. The third-order valence-corrected chi connectivity index (χ3v) is 3.36. The lowest BCUT2D eigenvalue weighted by Gasteiger charge is -2.29. The number of hydrogen-bond donors (Lipinski definition) is 2. The third kappa shape index (κ3) is 2.87. The van der Waals surface area contributed by atoms with Crippen LogP contribution in [0.2, 0.25) is 0 Å². The molecule has 0 bridgehead atoms. The molecule has 1 aliphatic rings. The number of ether oxygens (including phenoxy) is 1. The smallest absolute Gasteiger partial charge is 0.314 e. The lowest BCUT2D eigenvalue weighted by molar-refractivity contribution is -0.159. The highest BCUT2D eigenvalue weighted by Gasteiger charge is 2.51. The van der Waals surface area contributed by atoms with E-state index in [4.69, 9.17) is 10.5 Å². The summed E-state index contributed by atoms with van der Waals surface area (Å²) in [5.41, 5.74) is 5.05. The Balaban J connectivity index is 0.00000225. The average Bonchev–Trinajstić information content (AvgIpc) is 2.50. The second kappa shape index (κ2) is 6.42. The van der Waals surface area contributed by atoms with Gasteiger partial charge in [0, 0.05) is 6.04 Å². The summed E-state index contributed by atoms with van der Waals surface area (Å²) in [5.74, 6) is -0.309. The van der Waals surface area contributed by atoms with Crippen molar-refractivity contribution in [2.24, 2.45) is 11.1 Å². The maximum Gasteiger partial charge on any atom is 0.314 e. The fourth-order valence-electron chi connectivity index (χ4n) is 2.49. The van der Waals surface area contributed by atoms with Crippen molar-refractivity contribution in [2.45, 2.75) is 51.2 Å². The normalized spacial score (nSPS) is 33.2. The Morgan fingerprint density at radius 1 is 1.62 bits per heavy atom. The minimum atomic E-state index is -0.746. The standard InChI is InChI=1S/C11H21NO3.ClH/c1-3-4-5-11(10(14)15-2)7-8(12)6-9(11)13;/h8-9,13H,3-7,12H2,1-2H3;1H. The van der Waals surface area contributed by atoms with Crippen molar-refractivity contribution < 1.29 is 14.6 Å². The molecule has 1 saturated carbocycles. The van der Waals surface area contributed by atoms with Gasteiger partial charge in [0.25, 0.3) is 0 Å². The quantitative estimate of drug-likeness (QED) is 0.738. The van der Waals surface area contributed by atoms with E-state index in [0.29, 0.717) is 19.3 Å². The average molecular weight is 252 g/mol. The highest BCUT2D eigenvalue weighted by molar-refractivity contribution is 5.85. The first-order chi connectivity index (χ1) is 7.06. The van der Waals surface area contributed by atoms with Crippen LogP contribution in [0.5, 0.6) is 0 Å². The Bertz CT molecular complexity index is 237. The van der Waals surface area contributed by atoms with Gasteiger partial charge in [-0.25, -0.2) is 0 Å². The number of aliphatic hydroxyl groups is 1. The summed E-state index contributed by atoms with van der Waals surface area (Å²) in [6.07, 6.45) is 2.98. The Kier molecular flexibility index (Phi) is 6.30. The van der Waals surface area contributed by atoms with Crippen LogP contribution in [0.3, 0.4) is 0 Å². The number of methoxy groups -OCH3 is 1. The maximum atomic E-state index is 11.8. The van der Waals surface area contributed by atoms with Crippen molar-refractivity contribution >= 4 is 18.4 Å². The monoisotopic (exact) mass is 251 g/mol. The van der Waals surface area contributed by atoms with Gasteiger partial charge in [0.15, 0.2) is 0 Å². The van der Waals surface area contributed by atoms with Gasteiger partial charge < -0.3 is 15.6 Å². The molecule has 0 aromatic rings. The zero-order valence-electron chi connectivity index (χ0n) is 9.94. The highest BCUT2D eigenvalue weighted by atomic mass is 35.5. The molecule has 1 fully saturated rings. The van der Waals surface area contributed by atoms with Crippen LogP contribution in [0.4, 0.5) is 0 Å². The van der Waals surface area contributed by atoms with E-state index in [9.17, 15) is 9.90 Å². The molecule has 0 aromatic heterocycles. The number of carbonyl (C=O) groups is 1. The molecule has 3 atom stereocenters. The van der Waals surface area contributed by atoms with Gasteiger partial charge in [-0.2, -0.15) is 0 Å². The summed E-state index contributed by atoms with van der Waals surface area (Å²) in [4.78, 5) is 11.8. The summed E-state index contributed by atoms with van der Waals surface area (Å²) in [6.45, 7) is 2.06. The van der Waals surface area contributed by atoms with Crippen LogP contribution in [0.1, 0.15) is 39.0 Å². The molecular weight excluding hydrogens is 230 g/mol. The Hall–Kier alpha value is -0.320. The molecule has 96 valence electrons. The van der Waals surface area contributed by atoms with Crippen molar-refractivity contribution in [3.8, 4) is 0 Å². The van der Waals surface area contributed by atoms with Gasteiger partial charge in [-0.1, -0.05) is 19.8 Å². The van der Waals surface area contributed by atoms with Crippen molar-refractivity contribution in [3.05, 3.63) is 0 Å². The van der Waals surface area contributed by atoms with Gasteiger partial charge in [0.05, 0.1) is 18.6 Å². The molecule has 1 rings (SSSR count). The third-order valence-electron chi connectivity index (χ3n) is 3.36. The van der Waals surface area contributed by atoms with Crippen molar-refractivity contribution in [1.82, 2.24) is 0 Å². The van der Waals surface area contributed by atoms with Gasteiger partial charge in [-0.05, 0) is 19.3 Å². The topological polar surface area (TPSA) is 72.5 Å². The fraction of sp³-hybridized carbons (Fsp3) is 0.909. The van der Waals surface area contributed by atoms with Crippen molar-refractivity contribution in [3.63, 3.8) is 0 Å². The number of nitrogens with two attached hydrogens (primary N) is 1. The van der Waals surface area contributed by atoms with Crippen LogP contribution >= 0.6 is 12.4 Å². The molecule has 0 spiro atoms. The van der Waals surface area contributed by atoms with E-state index in [1.165, 1.54) is 7.11 Å². The fourth-order valence-corrected chi connectivity index (χ4v) is 2.49. The molecule has 16 heavy (non-hydrogen) atoms. The number of halogens is 1. The second-order valence-corrected chi connectivity index (χ2v) is 4.47. The van der Waals surface area contributed by atoms with E-state index in [1.807, 2.05) is 0 Å². The first-order valence-electron chi connectivity index (χ1n) is 5.59. The summed E-state index contributed by atoms with van der Waals surface area (Å²) >= 11 is 0. The van der Waals surface area contributed by atoms with E-state index in [0.717, 1.165) is 12.8 Å². The van der Waals surface area contributed by atoms with Gasteiger partial charge in [-0.3, -0.25) is 4.79 Å². The van der Waals surface area contributed by atoms with E-state index in [1.54, 1.807) is 0 Å². The number of carbonyl (C=O) groups excluding carboxylic acids is 1. The molecule has 0 aliphatic heterocycles. The summed E-state index contributed by atoms with van der Waals surface area (Å²) < 4.78 is 4.80. The number of esters is 1. The van der Waals surface area contributed by atoms with Crippen LogP contribution in [0.15, 0.2) is 0 Å². The molecular formula is C11H22ClNO3. The number of hydrogen-bond acceptors (Lipinski definition) is 4. The van der Waals surface area contributed by atoms with E-state index in [-0.39, 0.29) is 24.4 Å². The summed E-state index contributed by atoms with van der Waals surface area (Å²) in [5, 5.41) is 9.96. The number of aliphatic hydroxyl groups excluding tert-OH is 1. The van der Waals surface area contributed by atoms with Crippen LogP contribution in [0.25, 0.3) is 0 Å².